The fraction of sp³-hybridized carbons (Fsp3) is 0.514. The molecule has 40 heavy (non-hydrogen) atoms. The van der Waals surface area contributed by atoms with Crippen molar-refractivity contribution < 1.29 is 9.59 Å². The number of amides is 1. The van der Waals surface area contributed by atoms with E-state index in [9.17, 15) is 9.59 Å². The number of aromatic nitrogens is 2. The number of Topliss-reactive ketones (excluding diaryl/α,β-unsaturated/α-hetero) is 1. The lowest BCUT2D eigenvalue weighted by Crippen LogP contribution is -2.47. The van der Waals surface area contributed by atoms with E-state index in [-0.39, 0.29) is 29.2 Å². The molecule has 4 saturated carbocycles. The SMILES string of the molecule is C#CC(=O)N1[C@@H](CCCC)Cc2c([nH]c3ncccc23)[C@@H]1c1ccc(C(=O)CC23CC4CC(CC(C4)C2)C3)cc1. The van der Waals surface area contributed by atoms with Gasteiger partial charge in [-0.05, 0) is 104 Å². The van der Waals surface area contributed by atoms with E-state index >= 15 is 0 Å². The first-order valence-corrected chi connectivity index (χ1v) is 15.3. The van der Waals surface area contributed by atoms with Gasteiger partial charge >= 0.3 is 0 Å². The molecule has 0 saturated heterocycles. The zero-order valence-electron chi connectivity index (χ0n) is 23.5. The van der Waals surface area contributed by atoms with Crippen molar-refractivity contribution in [3.05, 3.63) is 65.0 Å². The highest BCUT2D eigenvalue weighted by molar-refractivity contribution is 5.97. The number of carbonyl (C=O) groups excluding carboxylic acids is 2. The molecule has 1 aliphatic heterocycles. The van der Waals surface area contributed by atoms with Crippen molar-refractivity contribution in [1.82, 2.24) is 14.9 Å². The summed E-state index contributed by atoms with van der Waals surface area (Å²) in [5, 5.41) is 1.11. The van der Waals surface area contributed by atoms with Crippen LogP contribution in [0, 0.1) is 35.5 Å². The second-order valence-electron chi connectivity index (χ2n) is 13.3. The Kier molecular flexibility index (Phi) is 6.33. The molecule has 0 unspecified atom stereocenters. The minimum atomic E-state index is -0.337. The number of ketones is 1. The maximum absolute atomic E-state index is 13.6. The average molecular weight is 534 g/mol. The molecule has 1 N–H and O–H groups in total. The number of hydrogen-bond acceptors (Lipinski definition) is 3. The lowest BCUT2D eigenvalue weighted by Gasteiger charge is -2.56. The van der Waals surface area contributed by atoms with Gasteiger partial charge in [0, 0.05) is 35.3 Å². The lowest BCUT2D eigenvalue weighted by molar-refractivity contribution is -0.130. The number of aromatic amines is 1. The first-order valence-electron chi connectivity index (χ1n) is 15.3. The molecule has 0 radical (unpaired) electrons. The van der Waals surface area contributed by atoms with Crippen LogP contribution in [0.3, 0.4) is 0 Å². The number of rotatable bonds is 7. The third-order valence-corrected chi connectivity index (χ3v) is 10.6. The minimum absolute atomic E-state index is 0.0117. The predicted octanol–water partition coefficient (Wildman–Crippen LogP) is 7.02. The molecule has 8 rings (SSSR count). The number of benzene rings is 1. The third-order valence-electron chi connectivity index (χ3n) is 10.6. The predicted molar refractivity (Wildman–Crippen MR) is 157 cm³/mol. The number of carbonyl (C=O) groups is 2. The van der Waals surface area contributed by atoms with E-state index in [0.29, 0.717) is 6.42 Å². The van der Waals surface area contributed by atoms with E-state index < -0.39 is 0 Å². The summed E-state index contributed by atoms with van der Waals surface area (Å²) in [5.41, 5.74) is 5.03. The van der Waals surface area contributed by atoms with Crippen molar-refractivity contribution in [3.8, 4) is 12.3 Å². The van der Waals surface area contributed by atoms with Gasteiger partial charge in [0.05, 0.1) is 6.04 Å². The highest BCUT2D eigenvalue weighted by atomic mass is 16.2. The molecule has 2 atom stereocenters. The van der Waals surface area contributed by atoms with Crippen LogP contribution in [0.2, 0.25) is 0 Å². The van der Waals surface area contributed by atoms with Crippen LogP contribution in [0.5, 0.6) is 0 Å². The van der Waals surface area contributed by atoms with Crippen LogP contribution >= 0.6 is 0 Å². The topological polar surface area (TPSA) is 66.1 Å². The molecule has 5 aliphatic rings. The Labute approximate surface area is 237 Å². The van der Waals surface area contributed by atoms with Gasteiger partial charge in [0.2, 0.25) is 0 Å². The number of pyridine rings is 1. The normalized spacial score (nSPS) is 30.3. The molecule has 3 heterocycles. The van der Waals surface area contributed by atoms with Crippen molar-refractivity contribution in [1.29, 1.82) is 0 Å². The van der Waals surface area contributed by atoms with Gasteiger partial charge in [-0.3, -0.25) is 9.59 Å². The van der Waals surface area contributed by atoms with E-state index in [1.54, 1.807) is 6.20 Å². The number of nitrogens with one attached hydrogen (secondary N) is 1. The highest BCUT2D eigenvalue weighted by Gasteiger charge is 2.51. The van der Waals surface area contributed by atoms with Gasteiger partial charge in [-0.25, -0.2) is 4.98 Å². The van der Waals surface area contributed by atoms with Gasteiger partial charge in [-0.2, -0.15) is 0 Å². The van der Waals surface area contributed by atoms with Crippen molar-refractivity contribution in [2.75, 3.05) is 0 Å². The zero-order chi connectivity index (χ0) is 27.4. The number of hydrogen-bond donors (Lipinski definition) is 1. The van der Waals surface area contributed by atoms with Crippen LogP contribution in [0.15, 0.2) is 42.6 Å². The number of fused-ring (bicyclic) bond motifs is 3. The molecule has 4 aliphatic carbocycles. The van der Waals surface area contributed by atoms with Crippen LogP contribution in [-0.2, 0) is 11.2 Å². The summed E-state index contributed by atoms with van der Waals surface area (Å²) in [6.07, 6.45) is 19.8. The average Bonchev–Trinajstić information content (AvgIpc) is 3.32. The zero-order valence-corrected chi connectivity index (χ0v) is 23.5. The van der Waals surface area contributed by atoms with Crippen LogP contribution in [-0.4, -0.2) is 32.6 Å². The summed E-state index contributed by atoms with van der Waals surface area (Å²) in [5.74, 6) is 4.91. The minimum Gasteiger partial charge on any atom is -0.341 e. The number of terminal acetylenes is 1. The fourth-order valence-corrected chi connectivity index (χ4v) is 9.40. The van der Waals surface area contributed by atoms with Gasteiger partial charge < -0.3 is 9.88 Å². The molecule has 5 heteroatoms. The van der Waals surface area contributed by atoms with Crippen LogP contribution in [0.1, 0.15) is 104 Å². The molecule has 4 fully saturated rings. The molecule has 1 aromatic carbocycles. The monoisotopic (exact) mass is 533 g/mol. The molecule has 0 spiro atoms. The van der Waals surface area contributed by atoms with Crippen molar-refractivity contribution in [2.45, 2.75) is 89.6 Å². The van der Waals surface area contributed by atoms with E-state index in [0.717, 1.165) is 71.3 Å². The maximum Gasteiger partial charge on any atom is 0.299 e. The maximum atomic E-state index is 13.6. The molecular formula is C35H39N3O2. The molecule has 5 nitrogen and oxygen atoms in total. The molecule has 4 bridgehead atoms. The van der Waals surface area contributed by atoms with Crippen LogP contribution < -0.4 is 0 Å². The number of nitrogens with zero attached hydrogens (tertiary/aromatic N) is 2. The Morgan fingerprint density at radius 2 is 1.77 bits per heavy atom. The lowest BCUT2D eigenvalue weighted by atomic mass is 9.48. The highest BCUT2D eigenvalue weighted by Crippen LogP contribution is 2.61. The van der Waals surface area contributed by atoms with E-state index in [4.69, 9.17) is 6.42 Å². The van der Waals surface area contributed by atoms with Gasteiger partial charge in [-0.1, -0.05) is 44.0 Å². The van der Waals surface area contributed by atoms with Crippen LogP contribution in [0.25, 0.3) is 11.0 Å². The molecule has 3 aromatic rings. The first-order chi connectivity index (χ1) is 19.5. The first kappa shape index (κ1) is 25.6. The Morgan fingerprint density at radius 1 is 1.07 bits per heavy atom. The van der Waals surface area contributed by atoms with Crippen molar-refractivity contribution >= 4 is 22.7 Å². The Bertz CT molecular complexity index is 1460. The van der Waals surface area contributed by atoms with Gasteiger partial charge in [0.15, 0.2) is 5.78 Å². The van der Waals surface area contributed by atoms with Gasteiger partial charge in [-0.15, -0.1) is 6.42 Å². The number of H-pyrrole nitrogens is 1. The molecular weight excluding hydrogens is 494 g/mol. The smallest absolute Gasteiger partial charge is 0.299 e. The van der Waals surface area contributed by atoms with E-state index in [1.165, 1.54) is 44.1 Å². The summed E-state index contributed by atoms with van der Waals surface area (Å²) in [7, 11) is 0. The Hall–Kier alpha value is -3.39. The van der Waals surface area contributed by atoms with Gasteiger partial charge in [0.1, 0.15) is 5.65 Å². The van der Waals surface area contributed by atoms with E-state index in [1.807, 2.05) is 35.2 Å². The van der Waals surface area contributed by atoms with E-state index in [2.05, 4.69) is 28.9 Å². The van der Waals surface area contributed by atoms with Crippen molar-refractivity contribution in [2.24, 2.45) is 23.2 Å². The molecule has 2 aromatic heterocycles. The second-order valence-corrected chi connectivity index (χ2v) is 13.3. The fourth-order valence-electron chi connectivity index (χ4n) is 9.40. The molecule has 1 amide bonds. The van der Waals surface area contributed by atoms with Gasteiger partial charge in [0.25, 0.3) is 5.91 Å². The summed E-state index contributed by atoms with van der Waals surface area (Å²) >= 11 is 0. The quantitative estimate of drug-likeness (QED) is 0.262. The summed E-state index contributed by atoms with van der Waals surface area (Å²) in [4.78, 5) is 36.9. The third kappa shape index (κ3) is 4.28. The largest absolute Gasteiger partial charge is 0.341 e. The summed E-state index contributed by atoms with van der Waals surface area (Å²) in [6, 6.07) is 11.8. The Morgan fingerprint density at radius 3 is 2.42 bits per heavy atom. The van der Waals surface area contributed by atoms with Crippen LogP contribution in [0.4, 0.5) is 0 Å². The summed E-state index contributed by atoms with van der Waals surface area (Å²) in [6.45, 7) is 2.17. The Balaban J connectivity index is 1.21. The van der Waals surface area contributed by atoms with Crippen molar-refractivity contribution in [3.63, 3.8) is 0 Å². The second kappa shape index (κ2) is 9.91. The molecule has 206 valence electrons. The standard InChI is InChI=1S/C35H39N3O2/c1-3-5-7-27-17-29-28-8-6-13-36-34(28)37-32(29)33(38(27)31(40)4-2)26-11-9-25(10-12-26)30(39)21-35-18-22-14-23(19-35)16-24(15-22)20-35/h2,6,8-13,22-24,27,33H,3,5,7,14-21H2,1H3,(H,36,37)/t22?,23?,24?,27-,33-,35?/m0/s1. The summed E-state index contributed by atoms with van der Waals surface area (Å²) < 4.78 is 0. The number of unbranched alkanes of at least 4 members (excludes halogenated alkanes) is 1.